The molecule has 4 rings (SSSR count). The van der Waals surface area contributed by atoms with Gasteiger partial charge in [-0.15, -0.1) is 10.2 Å². The van der Waals surface area contributed by atoms with E-state index in [-0.39, 0.29) is 0 Å². The van der Waals surface area contributed by atoms with Gasteiger partial charge in [0.25, 0.3) is 0 Å². The maximum Gasteiger partial charge on any atom is 0.137 e. The van der Waals surface area contributed by atoms with E-state index in [1.54, 1.807) is 12.7 Å². The lowest BCUT2D eigenvalue weighted by atomic mass is 9.96. The molecular formula is C17H25N7. The second kappa shape index (κ2) is 6.47. The van der Waals surface area contributed by atoms with E-state index in [4.69, 9.17) is 0 Å². The van der Waals surface area contributed by atoms with Crippen LogP contribution in [0.3, 0.4) is 0 Å². The Hall–Kier alpha value is -2.02. The van der Waals surface area contributed by atoms with Crippen LogP contribution in [-0.2, 0) is 20.0 Å². The fourth-order valence-corrected chi connectivity index (χ4v) is 3.97. The van der Waals surface area contributed by atoms with Crippen LogP contribution in [0.4, 0.5) is 5.82 Å². The van der Waals surface area contributed by atoms with Gasteiger partial charge in [-0.1, -0.05) is 6.92 Å². The third kappa shape index (κ3) is 2.77. The van der Waals surface area contributed by atoms with Gasteiger partial charge in [0.15, 0.2) is 0 Å². The lowest BCUT2D eigenvalue weighted by molar-refractivity contribution is 0.265. The summed E-state index contributed by atoms with van der Waals surface area (Å²) >= 11 is 0. The fourth-order valence-electron chi connectivity index (χ4n) is 3.97. The molecule has 0 aliphatic carbocycles. The summed E-state index contributed by atoms with van der Waals surface area (Å²) in [4.78, 5) is 14.1. The van der Waals surface area contributed by atoms with Gasteiger partial charge >= 0.3 is 0 Å². The molecule has 0 N–H and O–H groups in total. The van der Waals surface area contributed by atoms with E-state index in [1.807, 2.05) is 11.6 Å². The van der Waals surface area contributed by atoms with Crippen molar-refractivity contribution in [1.29, 1.82) is 0 Å². The van der Waals surface area contributed by atoms with Gasteiger partial charge in [-0.25, -0.2) is 9.97 Å². The Morgan fingerprint density at radius 2 is 2.17 bits per heavy atom. The topological polar surface area (TPSA) is 63.0 Å². The number of aromatic nitrogens is 5. The predicted octanol–water partition coefficient (Wildman–Crippen LogP) is 1.37. The third-order valence-corrected chi connectivity index (χ3v) is 5.34. The molecule has 0 spiro atoms. The summed E-state index contributed by atoms with van der Waals surface area (Å²) in [5.74, 6) is 2.63. The minimum atomic E-state index is 0.419. The molecule has 1 saturated heterocycles. The van der Waals surface area contributed by atoms with E-state index in [0.29, 0.717) is 5.92 Å². The van der Waals surface area contributed by atoms with Crippen LogP contribution in [0.2, 0.25) is 0 Å². The molecule has 4 heterocycles. The van der Waals surface area contributed by atoms with Crippen molar-refractivity contribution in [3.63, 3.8) is 0 Å². The first-order valence-corrected chi connectivity index (χ1v) is 8.90. The molecular weight excluding hydrogens is 302 g/mol. The van der Waals surface area contributed by atoms with Crippen molar-refractivity contribution in [3.8, 4) is 0 Å². The molecule has 0 bridgehead atoms. The Labute approximate surface area is 142 Å². The number of piperidine rings is 1. The Morgan fingerprint density at radius 1 is 1.25 bits per heavy atom. The maximum absolute atomic E-state index is 4.67. The zero-order valence-electron chi connectivity index (χ0n) is 14.5. The molecule has 1 fully saturated rings. The van der Waals surface area contributed by atoms with Crippen molar-refractivity contribution in [2.45, 2.75) is 38.6 Å². The first kappa shape index (κ1) is 15.5. The van der Waals surface area contributed by atoms with Crippen LogP contribution in [-0.4, -0.2) is 55.8 Å². The number of hydrogen-bond donors (Lipinski definition) is 0. The van der Waals surface area contributed by atoms with Gasteiger partial charge in [-0.2, -0.15) is 0 Å². The van der Waals surface area contributed by atoms with E-state index in [0.717, 1.165) is 63.6 Å². The molecule has 0 radical (unpaired) electrons. The Bertz CT molecular complexity index is 711. The van der Waals surface area contributed by atoms with Crippen LogP contribution in [0, 0.1) is 0 Å². The van der Waals surface area contributed by atoms with Crippen molar-refractivity contribution >= 4 is 5.82 Å². The molecule has 2 aromatic rings. The van der Waals surface area contributed by atoms with Crippen molar-refractivity contribution in [1.82, 2.24) is 29.6 Å². The number of hydrogen-bond acceptors (Lipinski definition) is 6. The van der Waals surface area contributed by atoms with E-state index < -0.39 is 0 Å². The smallest absolute Gasteiger partial charge is 0.137 e. The van der Waals surface area contributed by atoms with Crippen LogP contribution in [0.1, 0.15) is 42.8 Å². The molecule has 0 saturated carbocycles. The van der Waals surface area contributed by atoms with E-state index in [2.05, 4.69) is 36.9 Å². The molecule has 7 nitrogen and oxygen atoms in total. The fraction of sp³-hybridized carbons (Fsp3) is 0.647. The van der Waals surface area contributed by atoms with Crippen molar-refractivity contribution in [2.24, 2.45) is 7.05 Å². The summed E-state index contributed by atoms with van der Waals surface area (Å²) in [7, 11) is 2.03. The zero-order valence-corrected chi connectivity index (χ0v) is 14.5. The number of fused-ring (bicyclic) bond motifs is 1. The minimum Gasteiger partial charge on any atom is -0.356 e. The summed E-state index contributed by atoms with van der Waals surface area (Å²) < 4.78 is 2.04. The summed E-state index contributed by atoms with van der Waals surface area (Å²) in [5, 5.41) is 8.37. The summed E-state index contributed by atoms with van der Waals surface area (Å²) in [6, 6.07) is 0. The number of likely N-dealkylation sites (N-methyl/N-ethyl adjacent to an activating group) is 1. The van der Waals surface area contributed by atoms with Crippen molar-refractivity contribution in [3.05, 3.63) is 29.7 Å². The summed E-state index contributed by atoms with van der Waals surface area (Å²) in [5.41, 5.74) is 2.55. The van der Waals surface area contributed by atoms with Gasteiger partial charge in [-0.05, 0) is 19.4 Å². The van der Waals surface area contributed by atoms with Gasteiger partial charge < -0.3 is 9.47 Å². The minimum absolute atomic E-state index is 0.419. The van der Waals surface area contributed by atoms with E-state index >= 15 is 0 Å². The van der Waals surface area contributed by atoms with Crippen molar-refractivity contribution < 1.29 is 0 Å². The molecule has 128 valence electrons. The van der Waals surface area contributed by atoms with Gasteiger partial charge in [0.05, 0.1) is 5.69 Å². The highest BCUT2D eigenvalue weighted by atomic mass is 15.3. The molecule has 0 amide bonds. The van der Waals surface area contributed by atoms with Crippen molar-refractivity contribution in [2.75, 3.05) is 31.1 Å². The monoisotopic (exact) mass is 327 g/mol. The second-order valence-electron chi connectivity index (χ2n) is 6.83. The Balaban J connectivity index is 1.61. The first-order valence-electron chi connectivity index (χ1n) is 8.90. The summed E-state index contributed by atoms with van der Waals surface area (Å²) in [6.07, 6.45) is 6.88. The maximum atomic E-state index is 4.67. The number of aryl methyl sites for hydroxylation is 1. The van der Waals surface area contributed by atoms with Gasteiger partial charge in [0.1, 0.15) is 24.3 Å². The zero-order chi connectivity index (χ0) is 16.5. The Kier molecular flexibility index (Phi) is 4.18. The largest absolute Gasteiger partial charge is 0.356 e. The quantitative estimate of drug-likeness (QED) is 0.848. The van der Waals surface area contributed by atoms with Crippen LogP contribution in [0.15, 0.2) is 12.7 Å². The molecule has 24 heavy (non-hydrogen) atoms. The highest BCUT2D eigenvalue weighted by molar-refractivity contribution is 5.50. The van der Waals surface area contributed by atoms with E-state index in [1.165, 1.54) is 11.3 Å². The van der Waals surface area contributed by atoms with Crippen LogP contribution < -0.4 is 4.90 Å². The van der Waals surface area contributed by atoms with Gasteiger partial charge in [0, 0.05) is 51.1 Å². The highest BCUT2D eigenvalue weighted by Gasteiger charge is 2.29. The SMILES string of the molecule is CCN1CCc2ncnc(N3CCC[C@H](c4nncn4C)C3)c2C1. The number of anilines is 1. The highest BCUT2D eigenvalue weighted by Crippen LogP contribution is 2.31. The van der Waals surface area contributed by atoms with Gasteiger partial charge in [0.2, 0.25) is 0 Å². The lowest BCUT2D eigenvalue weighted by Crippen LogP contribution is -2.38. The lowest BCUT2D eigenvalue weighted by Gasteiger charge is -2.36. The molecule has 0 aromatic carbocycles. The normalized spacial score (nSPS) is 21.8. The average Bonchev–Trinajstić information content (AvgIpc) is 3.07. The number of rotatable bonds is 3. The molecule has 2 aliphatic heterocycles. The third-order valence-electron chi connectivity index (χ3n) is 5.34. The number of nitrogens with zero attached hydrogens (tertiary/aromatic N) is 7. The van der Waals surface area contributed by atoms with E-state index in [9.17, 15) is 0 Å². The molecule has 2 aromatic heterocycles. The van der Waals surface area contributed by atoms with Crippen LogP contribution in [0.25, 0.3) is 0 Å². The molecule has 7 heteroatoms. The molecule has 1 atom stereocenters. The average molecular weight is 327 g/mol. The second-order valence-corrected chi connectivity index (χ2v) is 6.83. The predicted molar refractivity (Wildman–Crippen MR) is 91.9 cm³/mol. The standard InChI is InChI=1S/C17H25N7/c1-3-23-8-6-15-14(10-23)17(19-11-18-15)24-7-4-5-13(9-24)16-21-20-12-22(16)2/h11-13H,3-10H2,1-2H3/t13-/m0/s1. The Morgan fingerprint density at radius 3 is 2.96 bits per heavy atom. The van der Waals surface area contributed by atoms with Crippen LogP contribution >= 0.6 is 0 Å². The van der Waals surface area contributed by atoms with Gasteiger partial charge in [-0.3, -0.25) is 4.90 Å². The molecule has 0 unspecified atom stereocenters. The summed E-state index contributed by atoms with van der Waals surface area (Å²) in [6.45, 7) is 7.38. The first-order chi connectivity index (χ1) is 11.8. The molecule has 2 aliphatic rings. The van der Waals surface area contributed by atoms with Crippen LogP contribution in [0.5, 0.6) is 0 Å².